The number of carbonyl (C=O) groups excluding carboxylic acids is 2. The molecule has 1 saturated heterocycles. The third-order valence-corrected chi connectivity index (χ3v) is 3.39. The Morgan fingerprint density at radius 3 is 2.79 bits per heavy atom. The average Bonchev–Trinajstić information content (AvgIpc) is 2.38. The van der Waals surface area contributed by atoms with Crippen molar-refractivity contribution in [2.24, 2.45) is 0 Å². The zero-order valence-corrected chi connectivity index (χ0v) is 11.0. The van der Waals surface area contributed by atoms with Crippen molar-refractivity contribution in [3.05, 3.63) is 29.1 Å². The summed E-state index contributed by atoms with van der Waals surface area (Å²) in [6.45, 7) is 1.85. The number of aryl methyl sites for hydroxylation is 1. The van der Waals surface area contributed by atoms with Gasteiger partial charge in [0.25, 0.3) is 0 Å². The van der Waals surface area contributed by atoms with E-state index in [1.807, 2.05) is 6.92 Å². The lowest BCUT2D eigenvalue weighted by Gasteiger charge is -2.23. The van der Waals surface area contributed by atoms with Gasteiger partial charge in [-0.3, -0.25) is 14.9 Å². The molecule has 1 aromatic rings. The monoisotopic (exact) mass is 267 g/mol. The summed E-state index contributed by atoms with van der Waals surface area (Å²) in [5.74, 6) is -1.06. The number of nitrogens with one attached hydrogen (secondary N) is 1. The number of ether oxygens (including phenoxy) is 1. The summed E-state index contributed by atoms with van der Waals surface area (Å²) >= 11 is 0. The van der Waals surface area contributed by atoms with Gasteiger partial charge >= 0.3 is 0 Å². The Morgan fingerprint density at radius 1 is 1.47 bits per heavy atom. The molecule has 104 valence electrons. The molecule has 1 aliphatic heterocycles. The first-order chi connectivity index (χ1) is 9.06. The minimum atomic E-state index is -0.534. The van der Waals surface area contributed by atoms with Crippen LogP contribution in [0.4, 0.5) is 4.39 Å². The van der Waals surface area contributed by atoms with Crippen LogP contribution in [0.25, 0.3) is 0 Å². The van der Waals surface area contributed by atoms with Crippen LogP contribution in [0.2, 0.25) is 0 Å². The molecule has 1 heterocycles. The van der Waals surface area contributed by atoms with Crippen LogP contribution < -0.4 is 10.1 Å². The molecular weight excluding hydrogens is 249 g/mol. The summed E-state index contributed by atoms with van der Waals surface area (Å²) in [5, 5.41) is 2.27. The Bertz CT molecular complexity index is 533. The maximum absolute atomic E-state index is 13.9. The van der Waals surface area contributed by atoms with Crippen molar-refractivity contribution in [3.63, 3.8) is 0 Å². The molecule has 0 saturated carbocycles. The Kier molecular flexibility index (Phi) is 3.83. The van der Waals surface area contributed by atoms with E-state index in [9.17, 15) is 14.0 Å². The van der Waals surface area contributed by atoms with E-state index in [0.29, 0.717) is 29.7 Å². The standard InChI is InChI=1S/C14H16FNO3.H2/c1-3-8-6-12(19-2)10(7-11(8)15)9-4-5-13(17)16-14(9)18;/h6-7,9H,3-5H2,1-2H3,(H,16,17,18);1H. The molecule has 0 aromatic heterocycles. The highest BCUT2D eigenvalue weighted by atomic mass is 19.1. The number of rotatable bonds is 3. The number of hydrogen-bond acceptors (Lipinski definition) is 3. The molecule has 1 aromatic carbocycles. The predicted molar refractivity (Wildman–Crippen MR) is 69.6 cm³/mol. The second-order valence-electron chi connectivity index (χ2n) is 4.54. The maximum Gasteiger partial charge on any atom is 0.234 e. The van der Waals surface area contributed by atoms with E-state index in [1.165, 1.54) is 13.2 Å². The number of carbonyl (C=O) groups is 2. The molecule has 2 amide bonds. The molecular formula is C14H18FNO3. The van der Waals surface area contributed by atoms with Crippen molar-refractivity contribution >= 4 is 11.8 Å². The summed E-state index contributed by atoms with van der Waals surface area (Å²) < 4.78 is 19.1. The zero-order valence-electron chi connectivity index (χ0n) is 11.0. The molecule has 0 aliphatic carbocycles. The highest BCUT2D eigenvalue weighted by Crippen LogP contribution is 2.34. The SMILES string of the molecule is CCc1cc(OC)c(C2CCC(=O)NC2=O)cc1F.[HH]. The van der Waals surface area contributed by atoms with Crippen LogP contribution in [0.5, 0.6) is 5.75 Å². The summed E-state index contributed by atoms with van der Waals surface area (Å²) in [4.78, 5) is 23.0. The van der Waals surface area contributed by atoms with E-state index in [-0.39, 0.29) is 19.6 Å². The molecule has 4 nitrogen and oxygen atoms in total. The quantitative estimate of drug-likeness (QED) is 0.854. The topological polar surface area (TPSA) is 55.4 Å². The van der Waals surface area contributed by atoms with Crippen molar-refractivity contribution in [3.8, 4) is 5.75 Å². The minimum Gasteiger partial charge on any atom is -0.496 e. The van der Waals surface area contributed by atoms with E-state index >= 15 is 0 Å². The maximum atomic E-state index is 13.9. The molecule has 0 spiro atoms. The second kappa shape index (κ2) is 5.38. The smallest absolute Gasteiger partial charge is 0.234 e. The van der Waals surface area contributed by atoms with Crippen LogP contribution >= 0.6 is 0 Å². The van der Waals surface area contributed by atoms with Gasteiger partial charge in [-0.2, -0.15) is 0 Å². The van der Waals surface area contributed by atoms with Gasteiger partial charge in [-0.25, -0.2) is 4.39 Å². The Balaban J connectivity index is 0.00000200. The summed E-state index contributed by atoms with van der Waals surface area (Å²) in [6.07, 6.45) is 1.19. The van der Waals surface area contributed by atoms with Gasteiger partial charge < -0.3 is 4.74 Å². The Morgan fingerprint density at radius 2 is 2.21 bits per heavy atom. The third-order valence-electron chi connectivity index (χ3n) is 3.39. The predicted octanol–water partition coefficient (Wildman–Crippen LogP) is 2.16. The number of hydrogen-bond donors (Lipinski definition) is 1. The third kappa shape index (κ3) is 2.59. The summed E-state index contributed by atoms with van der Waals surface area (Å²) in [6, 6.07) is 2.96. The molecule has 0 bridgehead atoms. The van der Waals surface area contributed by atoms with Crippen molar-refractivity contribution in [2.45, 2.75) is 32.1 Å². The van der Waals surface area contributed by atoms with Crippen molar-refractivity contribution in [1.29, 1.82) is 0 Å². The average molecular weight is 267 g/mol. The molecule has 1 unspecified atom stereocenters. The van der Waals surface area contributed by atoms with Gasteiger partial charge in [-0.1, -0.05) is 6.92 Å². The van der Waals surface area contributed by atoms with Gasteiger partial charge in [-0.05, 0) is 30.5 Å². The first-order valence-corrected chi connectivity index (χ1v) is 6.26. The molecule has 1 aliphatic rings. The van der Waals surface area contributed by atoms with E-state index in [4.69, 9.17) is 4.74 Å². The van der Waals surface area contributed by atoms with Crippen molar-refractivity contribution in [2.75, 3.05) is 7.11 Å². The molecule has 5 heteroatoms. The number of imide groups is 1. The number of benzene rings is 1. The number of methoxy groups -OCH3 is 1. The fourth-order valence-electron chi connectivity index (χ4n) is 2.32. The van der Waals surface area contributed by atoms with Gasteiger partial charge in [-0.15, -0.1) is 0 Å². The first-order valence-electron chi connectivity index (χ1n) is 6.26. The minimum absolute atomic E-state index is 0. The zero-order chi connectivity index (χ0) is 14.0. The molecule has 0 radical (unpaired) electrons. The highest BCUT2D eigenvalue weighted by molar-refractivity contribution is 6.01. The van der Waals surface area contributed by atoms with Crippen LogP contribution in [0.3, 0.4) is 0 Å². The molecule has 2 rings (SSSR count). The molecule has 1 atom stereocenters. The highest BCUT2D eigenvalue weighted by Gasteiger charge is 2.30. The largest absolute Gasteiger partial charge is 0.496 e. The van der Waals surface area contributed by atoms with Gasteiger partial charge in [0.2, 0.25) is 11.8 Å². The normalized spacial score (nSPS) is 19.2. The number of piperidine rings is 1. The lowest BCUT2D eigenvalue weighted by molar-refractivity contribution is -0.134. The Labute approximate surface area is 112 Å². The van der Waals surface area contributed by atoms with Crippen LogP contribution in [0.15, 0.2) is 12.1 Å². The van der Waals surface area contributed by atoms with E-state index < -0.39 is 11.8 Å². The number of amides is 2. The van der Waals surface area contributed by atoms with Crippen molar-refractivity contribution < 1.29 is 20.1 Å². The van der Waals surface area contributed by atoms with Gasteiger partial charge in [0.1, 0.15) is 11.6 Å². The van der Waals surface area contributed by atoms with Crippen LogP contribution in [0.1, 0.15) is 38.2 Å². The first kappa shape index (κ1) is 13.5. The second-order valence-corrected chi connectivity index (χ2v) is 4.54. The van der Waals surface area contributed by atoms with E-state index in [1.54, 1.807) is 6.07 Å². The summed E-state index contributed by atoms with van der Waals surface area (Å²) in [7, 11) is 1.49. The van der Waals surface area contributed by atoms with Crippen molar-refractivity contribution in [1.82, 2.24) is 5.32 Å². The van der Waals surface area contributed by atoms with E-state index in [0.717, 1.165) is 0 Å². The molecule has 1 N–H and O–H groups in total. The van der Waals surface area contributed by atoms with Crippen LogP contribution in [-0.2, 0) is 16.0 Å². The van der Waals surface area contributed by atoms with Gasteiger partial charge in [0, 0.05) is 13.4 Å². The van der Waals surface area contributed by atoms with Crippen LogP contribution in [0, 0.1) is 5.82 Å². The van der Waals surface area contributed by atoms with Gasteiger partial charge in [0.15, 0.2) is 0 Å². The van der Waals surface area contributed by atoms with E-state index in [2.05, 4.69) is 5.32 Å². The van der Waals surface area contributed by atoms with Gasteiger partial charge in [0.05, 0.1) is 13.0 Å². The lowest BCUT2D eigenvalue weighted by Crippen LogP contribution is -2.39. The molecule has 1 fully saturated rings. The summed E-state index contributed by atoms with van der Waals surface area (Å²) in [5.41, 5.74) is 1.05. The Hall–Kier alpha value is -1.91. The number of halogens is 1. The fraction of sp³-hybridized carbons (Fsp3) is 0.429. The molecule has 19 heavy (non-hydrogen) atoms. The fourth-order valence-corrected chi connectivity index (χ4v) is 2.32. The van der Waals surface area contributed by atoms with Crippen LogP contribution in [-0.4, -0.2) is 18.9 Å². The lowest BCUT2D eigenvalue weighted by atomic mass is 9.89.